The van der Waals surface area contributed by atoms with Crippen LogP contribution in [-0.2, 0) is 9.59 Å². The molecule has 0 bridgehead atoms. The lowest BCUT2D eigenvalue weighted by atomic mass is 9.90. The lowest BCUT2D eigenvalue weighted by Crippen LogP contribution is -2.48. The highest BCUT2D eigenvalue weighted by molar-refractivity contribution is 7.19. The molecule has 15 heteroatoms. The number of aromatic nitrogens is 4. The van der Waals surface area contributed by atoms with Gasteiger partial charge in [-0.2, -0.15) is 0 Å². The highest BCUT2D eigenvalue weighted by Crippen LogP contribution is 2.41. The fourth-order valence-electron chi connectivity index (χ4n) is 10.0. The second-order valence-corrected chi connectivity index (χ2v) is 20.3. The van der Waals surface area contributed by atoms with E-state index in [1.54, 1.807) is 28.7 Å². The molecule has 0 saturated carbocycles. The minimum atomic E-state index is -0.796. The Morgan fingerprint density at radius 2 is 1.70 bits per heavy atom. The van der Waals surface area contributed by atoms with E-state index in [0.29, 0.717) is 28.9 Å². The van der Waals surface area contributed by atoms with E-state index >= 15 is 0 Å². The molecule has 4 aromatic heterocycles. The summed E-state index contributed by atoms with van der Waals surface area (Å²) in [7, 11) is 0. The molecule has 9 rings (SSSR count). The number of carbonyl (C=O) groups excluding carboxylic acids is 2. The van der Waals surface area contributed by atoms with Gasteiger partial charge in [0.2, 0.25) is 11.8 Å². The van der Waals surface area contributed by atoms with Gasteiger partial charge < -0.3 is 34.8 Å². The Balaban J connectivity index is 0.770. The third kappa shape index (κ3) is 9.04. The monoisotopic (exact) mass is 902 g/mol. The van der Waals surface area contributed by atoms with Crippen molar-refractivity contribution in [1.29, 1.82) is 0 Å². The van der Waals surface area contributed by atoms with Gasteiger partial charge in [-0.1, -0.05) is 55.4 Å². The van der Waals surface area contributed by atoms with Gasteiger partial charge in [-0.25, -0.2) is 4.98 Å². The van der Waals surface area contributed by atoms with Gasteiger partial charge in [0.05, 0.1) is 33.9 Å². The topological polar surface area (TPSA) is 161 Å². The van der Waals surface area contributed by atoms with Gasteiger partial charge in [0.15, 0.2) is 11.6 Å². The molecule has 0 radical (unpaired) electrons. The first-order valence-electron chi connectivity index (χ1n) is 22.7. The van der Waals surface area contributed by atoms with Crippen LogP contribution in [-0.4, -0.2) is 104 Å². The summed E-state index contributed by atoms with van der Waals surface area (Å²) in [6.07, 6.45) is 3.73. The molecule has 3 fully saturated rings. The first kappa shape index (κ1) is 44.0. The molecule has 2 amide bonds. The number of hydrogen-bond donors (Lipinski definition) is 3. The van der Waals surface area contributed by atoms with Gasteiger partial charge >= 0.3 is 0 Å². The summed E-state index contributed by atoms with van der Waals surface area (Å²) >= 11 is 3.37. The maximum absolute atomic E-state index is 14.3. The van der Waals surface area contributed by atoms with Crippen molar-refractivity contribution < 1.29 is 24.3 Å². The maximum atomic E-state index is 14.3. The highest BCUT2D eigenvalue weighted by atomic mass is 32.1. The number of fused-ring (bicyclic) bond motifs is 1. The summed E-state index contributed by atoms with van der Waals surface area (Å²) in [5.41, 5.74) is 7.54. The van der Waals surface area contributed by atoms with Crippen molar-refractivity contribution in [2.45, 2.75) is 96.7 Å². The van der Waals surface area contributed by atoms with Crippen LogP contribution in [0.2, 0.25) is 0 Å². The number of thiazole rings is 1. The SMILES string of the molecule is Cc1ncsc1-c1ccc([C@H](C)NC(=O)[C@@H]2C[C@@H](O)CN2C(=O)[C@@H](c2cc(N3CCC(CN4CCC(c5sc6nnc(-c7ccccc7O)cc6c5C)CC4)CC3)no2)C(C)C)cc1. The van der Waals surface area contributed by atoms with Crippen molar-refractivity contribution >= 4 is 50.5 Å². The van der Waals surface area contributed by atoms with Crippen molar-refractivity contribution in [2.24, 2.45) is 11.8 Å². The summed E-state index contributed by atoms with van der Waals surface area (Å²) in [6.45, 7) is 15.1. The summed E-state index contributed by atoms with van der Waals surface area (Å²) in [4.78, 5) is 42.4. The fraction of sp³-hybridized carbons (Fsp3) is 0.469. The van der Waals surface area contributed by atoms with Crippen LogP contribution in [0.1, 0.15) is 98.2 Å². The molecule has 3 aliphatic heterocycles. The van der Waals surface area contributed by atoms with Crippen molar-refractivity contribution in [1.82, 2.24) is 35.5 Å². The number of piperidine rings is 2. The molecule has 0 unspecified atom stereocenters. The number of anilines is 1. The number of β-amino-alcohol motifs (C(OH)–C–C–N with tert-alkyl or cyclic N) is 1. The number of phenols is 1. The molecule has 6 aromatic rings. The molecule has 3 aliphatic rings. The summed E-state index contributed by atoms with van der Waals surface area (Å²) < 4.78 is 5.93. The zero-order valence-corrected chi connectivity index (χ0v) is 38.9. The molecule has 64 heavy (non-hydrogen) atoms. The number of rotatable bonds is 12. The summed E-state index contributed by atoms with van der Waals surface area (Å²) in [6, 6.07) is 18.3. The minimum Gasteiger partial charge on any atom is -0.507 e. The second-order valence-electron chi connectivity index (χ2n) is 18.4. The van der Waals surface area contributed by atoms with Gasteiger partial charge in [-0.05, 0) is 112 Å². The standard InChI is InChI=1S/C49H58N8O5S2/c1-28(2)44(49(61)57-26-36(58)22-40(57)47(60)51-30(4)33-10-12-34(13-11-33)46-31(5)50-27-63-46)42-24-43(54-62-42)56-20-14-32(15-21-56)25-55-18-16-35(17-19-55)45-29(3)38-23-39(52-53-48(38)64-45)37-8-6-7-9-41(37)59/h6-13,23-24,27-28,30,32,35-36,40,44,58-59H,14-22,25-26H2,1-5H3,(H,51,60)/t30-,36+,40-,44+/m0/s1. The van der Waals surface area contributed by atoms with Crippen LogP contribution >= 0.6 is 22.7 Å². The highest BCUT2D eigenvalue weighted by Gasteiger charge is 2.44. The van der Waals surface area contributed by atoms with E-state index in [2.05, 4.69) is 48.4 Å². The number of thiophene rings is 1. The number of aliphatic hydroxyl groups excluding tert-OH is 1. The van der Waals surface area contributed by atoms with Crippen LogP contribution < -0.4 is 10.2 Å². The maximum Gasteiger partial charge on any atom is 0.243 e. The number of nitrogens with zero attached hydrogens (tertiary/aromatic N) is 7. The van der Waals surface area contributed by atoms with E-state index in [0.717, 1.165) is 96.1 Å². The van der Waals surface area contributed by atoms with E-state index in [9.17, 15) is 19.8 Å². The largest absolute Gasteiger partial charge is 0.507 e. The lowest BCUT2D eigenvalue weighted by Gasteiger charge is -2.37. The molecule has 4 atom stereocenters. The van der Waals surface area contributed by atoms with Gasteiger partial charge in [0.1, 0.15) is 22.5 Å². The van der Waals surface area contributed by atoms with Crippen LogP contribution in [0.15, 0.2) is 70.7 Å². The van der Waals surface area contributed by atoms with Crippen LogP contribution in [0, 0.1) is 25.7 Å². The Kier molecular flexibility index (Phi) is 12.9. The Morgan fingerprint density at radius 3 is 2.41 bits per heavy atom. The predicted octanol–water partition coefficient (Wildman–Crippen LogP) is 8.47. The lowest BCUT2D eigenvalue weighted by molar-refractivity contribution is -0.141. The van der Waals surface area contributed by atoms with E-state index in [4.69, 9.17) is 4.52 Å². The molecule has 3 N–H and O–H groups in total. The van der Waals surface area contributed by atoms with Crippen molar-refractivity contribution in [3.63, 3.8) is 0 Å². The Labute approximate surface area is 382 Å². The van der Waals surface area contributed by atoms with Gasteiger partial charge in [-0.15, -0.1) is 32.9 Å². The first-order chi connectivity index (χ1) is 30.9. The minimum absolute atomic E-state index is 0.0895. The number of hydrogen-bond acceptors (Lipinski definition) is 13. The number of aliphatic hydroxyl groups is 1. The zero-order chi connectivity index (χ0) is 44.6. The molecule has 336 valence electrons. The zero-order valence-electron chi connectivity index (χ0n) is 37.2. The molecular formula is C49H58N8O5S2. The van der Waals surface area contributed by atoms with Crippen molar-refractivity contribution in [2.75, 3.05) is 44.2 Å². The van der Waals surface area contributed by atoms with Crippen molar-refractivity contribution in [3.05, 3.63) is 93.6 Å². The molecule has 2 aromatic carbocycles. The van der Waals surface area contributed by atoms with Gasteiger partial charge in [0, 0.05) is 54.5 Å². The molecule has 3 saturated heterocycles. The summed E-state index contributed by atoms with van der Waals surface area (Å²) in [5.74, 6) is 1.26. The van der Waals surface area contributed by atoms with Crippen LogP contribution in [0.5, 0.6) is 5.75 Å². The number of aryl methyl sites for hydroxylation is 2. The third-order valence-electron chi connectivity index (χ3n) is 13.7. The Morgan fingerprint density at radius 1 is 0.953 bits per heavy atom. The Bertz CT molecular complexity index is 2590. The smallest absolute Gasteiger partial charge is 0.243 e. The number of aromatic hydroxyl groups is 1. The normalized spacial score (nSPS) is 20.0. The number of para-hydroxylation sites is 1. The molecule has 13 nitrogen and oxygen atoms in total. The fourth-order valence-corrected chi connectivity index (χ4v) is 12.1. The number of benzene rings is 2. The number of carbonyl (C=O) groups is 2. The third-order valence-corrected chi connectivity index (χ3v) is 16.1. The average Bonchev–Trinajstić information content (AvgIpc) is 4.11. The molecule has 0 spiro atoms. The molecule has 7 heterocycles. The molecular weight excluding hydrogens is 845 g/mol. The van der Waals surface area contributed by atoms with Gasteiger partial charge in [0.25, 0.3) is 0 Å². The first-order valence-corrected chi connectivity index (χ1v) is 24.4. The predicted molar refractivity (Wildman–Crippen MR) is 252 cm³/mol. The van der Waals surface area contributed by atoms with E-state index in [1.165, 1.54) is 15.3 Å². The van der Waals surface area contributed by atoms with E-state index in [-0.39, 0.29) is 42.5 Å². The summed E-state index contributed by atoms with van der Waals surface area (Å²) in [5, 5.41) is 38.9. The quantitative estimate of drug-likeness (QED) is 0.108. The number of phenolic OH excluding ortho intramolecular Hbond substituents is 1. The van der Waals surface area contributed by atoms with Crippen LogP contribution in [0.25, 0.3) is 31.9 Å². The van der Waals surface area contributed by atoms with Crippen LogP contribution in [0.3, 0.4) is 0 Å². The number of amides is 2. The number of likely N-dealkylation sites (tertiary alicyclic amines) is 2. The van der Waals surface area contributed by atoms with E-state index in [1.807, 2.05) is 81.7 Å². The van der Waals surface area contributed by atoms with Gasteiger partial charge in [-0.3, -0.25) is 9.59 Å². The van der Waals surface area contributed by atoms with E-state index < -0.39 is 18.1 Å². The average molecular weight is 903 g/mol. The Hall–Kier alpha value is -5.22. The second kappa shape index (κ2) is 18.7. The molecule has 0 aliphatic carbocycles. The van der Waals surface area contributed by atoms with Crippen molar-refractivity contribution in [3.8, 4) is 27.4 Å². The van der Waals surface area contributed by atoms with Crippen LogP contribution in [0.4, 0.5) is 5.82 Å². The number of nitrogens with one attached hydrogen (secondary N) is 1.